The van der Waals surface area contributed by atoms with Crippen LogP contribution in [-0.2, 0) is 0 Å². The van der Waals surface area contributed by atoms with Crippen molar-refractivity contribution in [3.8, 4) is 5.75 Å². The second-order valence-electron chi connectivity index (χ2n) is 10.3. The first-order valence-corrected chi connectivity index (χ1v) is 12.6. The fourth-order valence-corrected chi connectivity index (χ4v) is 7.04. The van der Waals surface area contributed by atoms with Gasteiger partial charge in [0.1, 0.15) is 12.4 Å². The molecule has 3 aliphatic rings. The van der Waals surface area contributed by atoms with Crippen LogP contribution < -0.4 is 4.74 Å². The second-order valence-corrected chi connectivity index (χ2v) is 10.3. The quantitative estimate of drug-likeness (QED) is 0.424. The molecule has 160 valence electrons. The molecule has 29 heavy (non-hydrogen) atoms. The third-order valence-electron chi connectivity index (χ3n) is 8.62. The molecule has 4 rings (SSSR count). The summed E-state index contributed by atoms with van der Waals surface area (Å²) < 4.78 is 5.64. The molecule has 0 aromatic heterocycles. The highest BCUT2D eigenvalue weighted by atomic mass is 16.5. The number of ether oxygens (including phenoxy) is 1. The van der Waals surface area contributed by atoms with Gasteiger partial charge >= 0.3 is 0 Å². The molecule has 1 heteroatoms. The number of fused-ring (bicyclic) bond motifs is 1. The van der Waals surface area contributed by atoms with Crippen LogP contribution >= 0.6 is 0 Å². The lowest BCUT2D eigenvalue weighted by atomic mass is 9.60. The summed E-state index contributed by atoms with van der Waals surface area (Å²) >= 11 is 0. The molecule has 4 atom stereocenters. The summed E-state index contributed by atoms with van der Waals surface area (Å²) in [5, 5.41) is 0. The van der Waals surface area contributed by atoms with Crippen molar-refractivity contribution in [2.24, 2.45) is 29.6 Å². The van der Waals surface area contributed by atoms with Crippen molar-refractivity contribution >= 4 is 0 Å². The van der Waals surface area contributed by atoms with Crippen LogP contribution in [0.1, 0.15) is 95.5 Å². The number of hydrogen-bond donors (Lipinski definition) is 0. The van der Waals surface area contributed by atoms with Gasteiger partial charge in [-0.1, -0.05) is 51.0 Å². The van der Waals surface area contributed by atoms with Gasteiger partial charge in [0.15, 0.2) is 0 Å². The van der Waals surface area contributed by atoms with E-state index < -0.39 is 0 Å². The summed E-state index contributed by atoms with van der Waals surface area (Å²) in [5.74, 6) is 6.98. The van der Waals surface area contributed by atoms with Crippen LogP contribution in [0, 0.1) is 29.6 Å². The van der Waals surface area contributed by atoms with E-state index in [0.717, 1.165) is 41.3 Å². The lowest BCUT2D eigenvalue weighted by Gasteiger charge is -2.45. The predicted molar refractivity (Wildman–Crippen MR) is 123 cm³/mol. The van der Waals surface area contributed by atoms with Gasteiger partial charge in [-0.25, -0.2) is 0 Å². The van der Waals surface area contributed by atoms with Gasteiger partial charge in [-0.2, -0.15) is 0 Å². The van der Waals surface area contributed by atoms with E-state index in [-0.39, 0.29) is 0 Å². The van der Waals surface area contributed by atoms with E-state index in [0.29, 0.717) is 6.61 Å². The minimum atomic E-state index is 0.590. The maximum absolute atomic E-state index is 5.64. The van der Waals surface area contributed by atoms with Crippen LogP contribution in [0.25, 0.3) is 0 Å². The summed E-state index contributed by atoms with van der Waals surface area (Å²) in [7, 11) is 0. The maximum atomic E-state index is 5.64. The van der Waals surface area contributed by atoms with Crippen molar-refractivity contribution in [2.45, 2.75) is 89.9 Å². The highest BCUT2D eigenvalue weighted by Gasteiger charge is 2.38. The number of hydrogen-bond acceptors (Lipinski definition) is 1. The van der Waals surface area contributed by atoms with E-state index in [4.69, 9.17) is 4.74 Å². The largest absolute Gasteiger partial charge is 0.490 e. The first kappa shape index (κ1) is 21.0. The molecule has 0 N–H and O–H groups in total. The van der Waals surface area contributed by atoms with Crippen molar-refractivity contribution in [2.75, 3.05) is 6.61 Å². The molecule has 4 unspecified atom stereocenters. The van der Waals surface area contributed by atoms with Gasteiger partial charge < -0.3 is 4.74 Å². The third kappa shape index (κ3) is 5.28. The summed E-state index contributed by atoms with van der Waals surface area (Å²) in [6.45, 7) is 6.68. The van der Waals surface area contributed by atoms with Gasteiger partial charge in [0.25, 0.3) is 0 Å². The smallest absolute Gasteiger partial charge is 0.119 e. The highest BCUT2D eigenvalue weighted by molar-refractivity contribution is 5.29. The molecular formula is C28H42O. The molecule has 1 aromatic rings. The van der Waals surface area contributed by atoms with Crippen molar-refractivity contribution in [3.63, 3.8) is 0 Å². The zero-order valence-corrected chi connectivity index (χ0v) is 18.7. The van der Waals surface area contributed by atoms with Crippen LogP contribution in [0.4, 0.5) is 0 Å². The summed E-state index contributed by atoms with van der Waals surface area (Å²) in [6.07, 6.45) is 19.6. The van der Waals surface area contributed by atoms with E-state index in [1.54, 1.807) is 31.8 Å². The first-order chi connectivity index (χ1) is 14.3. The minimum Gasteiger partial charge on any atom is -0.490 e. The summed E-state index contributed by atoms with van der Waals surface area (Å²) in [5.41, 5.74) is 1.52. The van der Waals surface area contributed by atoms with Crippen LogP contribution in [-0.4, -0.2) is 6.61 Å². The standard InChI is InChI=1S/C28H42O/c1-3-5-21-6-7-27-20-26(13-12-25(27)19-21)24-10-8-22(9-11-24)23-14-16-28(17-15-23)29-18-4-2/h4,14-17,21-22,24-27H,2-3,5-13,18-20H2,1H3. The van der Waals surface area contributed by atoms with Gasteiger partial charge in [-0.3, -0.25) is 0 Å². The predicted octanol–water partition coefficient (Wildman–Crippen LogP) is 8.16. The van der Waals surface area contributed by atoms with E-state index in [1.165, 1.54) is 56.9 Å². The van der Waals surface area contributed by atoms with Gasteiger partial charge in [0, 0.05) is 0 Å². The molecule has 3 fully saturated rings. The summed E-state index contributed by atoms with van der Waals surface area (Å²) in [4.78, 5) is 0. The van der Waals surface area contributed by atoms with Crippen molar-refractivity contribution < 1.29 is 4.74 Å². The molecule has 0 bridgehead atoms. The SMILES string of the molecule is C=CCOc1ccc(C2CCC(C3CCC4CC(CCC)CCC4C3)CC2)cc1. The third-order valence-corrected chi connectivity index (χ3v) is 8.62. The first-order valence-electron chi connectivity index (χ1n) is 12.6. The molecule has 0 saturated heterocycles. The molecule has 0 spiro atoms. The Hall–Kier alpha value is -1.24. The van der Waals surface area contributed by atoms with Gasteiger partial charge in [0.2, 0.25) is 0 Å². The molecule has 0 amide bonds. The zero-order valence-electron chi connectivity index (χ0n) is 18.7. The van der Waals surface area contributed by atoms with Crippen molar-refractivity contribution in [3.05, 3.63) is 42.5 Å². The molecular weight excluding hydrogens is 352 g/mol. The van der Waals surface area contributed by atoms with E-state index in [1.807, 2.05) is 0 Å². The van der Waals surface area contributed by atoms with Crippen LogP contribution in [0.2, 0.25) is 0 Å². The molecule has 0 aliphatic heterocycles. The monoisotopic (exact) mass is 394 g/mol. The van der Waals surface area contributed by atoms with Gasteiger partial charge in [-0.15, -0.1) is 0 Å². The van der Waals surface area contributed by atoms with Crippen LogP contribution in [0.3, 0.4) is 0 Å². The Morgan fingerprint density at radius 3 is 2.14 bits per heavy atom. The highest BCUT2D eigenvalue weighted by Crippen LogP contribution is 2.50. The molecule has 0 radical (unpaired) electrons. The Labute approximate surface area is 179 Å². The Balaban J connectivity index is 1.24. The van der Waals surface area contributed by atoms with Gasteiger partial charge in [-0.05, 0) is 111 Å². The van der Waals surface area contributed by atoms with Gasteiger partial charge in [0.05, 0.1) is 0 Å². The lowest BCUT2D eigenvalue weighted by Crippen LogP contribution is -2.34. The van der Waals surface area contributed by atoms with Crippen molar-refractivity contribution in [1.82, 2.24) is 0 Å². The van der Waals surface area contributed by atoms with E-state index >= 15 is 0 Å². The van der Waals surface area contributed by atoms with E-state index in [2.05, 4.69) is 37.8 Å². The topological polar surface area (TPSA) is 9.23 Å². The van der Waals surface area contributed by atoms with Crippen molar-refractivity contribution in [1.29, 1.82) is 0 Å². The van der Waals surface area contributed by atoms with Crippen LogP contribution in [0.5, 0.6) is 5.75 Å². The molecule has 1 nitrogen and oxygen atoms in total. The number of benzene rings is 1. The van der Waals surface area contributed by atoms with E-state index in [9.17, 15) is 0 Å². The minimum absolute atomic E-state index is 0.590. The number of rotatable bonds is 7. The molecule has 3 saturated carbocycles. The second kappa shape index (κ2) is 10.2. The molecule has 0 heterocycles. The molecule has 3 aliphatic carbocycles. The average molecular weight is 395 g/mol. The fourth-order valence-electron chi connectivity index (χ4n) is 7.04. The zero-order chi connectivity index (χ0) is 20.1. The maximum Gasteiger partial charge on any atom is 0.119 e. The fraction of sp³-hybridized carbons (Fsp3) is 0.714. The molecule has 1 aromatic carbocycles. The Bertz CT molecular complexity index is 624. The van der Waals surface area contributed by atoms with Crippen LogP contribution in [0.15, 0.2) is 36.9 Å². The summed E-state index contributed by atoms with van der Waals surface area (Å²) in [6, 6.07) is 8.87. The average Bonchev–Trinajstić information content (AvgIpc) is 2.78. The Kier molecular flexibility index (Phi) is 7.38. The lowest BCUT2D eigenvalue weighted by molar-refractivity contribution is 0.0618. The Morgan fingerprint density at radius 2 is 1.45 bits per heavy atom. The Morgan fingerprint density at radius 1 is 0.828 bits per heavy atom. The normalized spacial score (nSPS) is 34.9.